The number of nitrogens with one attached hydrogen (secondary N) is 1. The predicted octanol–water partition coefficient (Wildman–Crippen LogP) is 2.79. The normalized spacial score (nSPS) is 11.2. The van der Waals surface area contributed by atoms with Gasteiger partial charge in [0, 0.05) is 6.42 Å². The fourth-order valence-electron chi connectivity index (χ4n) is 1.77. The minimum atomic E-state index is -0.930. The van der Waals surface area contributed by atoms with Crippen molar-refractivity contribution in [3.8, 4) is 0 Å². The number of amides is 1. The summed E-state index contributed by atoms with van der Waals surface area (Å²) >= 11 is 1.95. The van der Waals surface area contributed by atoms with Crippen molar-refractivity contribution in [2.75, 3.05) is 11.0 Å². The number of alkyl halides is 1. The average Bonchev–Trinajstić information content (AvgIpc) is 2.61. The summed E-state index contributed by atoms with van der Waals surface area (Å²) in [6.45, 7) is 3.59. The van der Waals surface area contributed by atoms with E-state index in [4.69, 9.17) is 9.47 Å². The lowest BCUT2D eigenvalue weighted by molar-refractivity contribution is -0.145. The average molecular weight is 445 g/mol. The first-order chi connectivity index (χ1) is 11.6. The summed E-state index contributed by atoms with van der Waals surface area (Å²) in [6, 6.07) is 8.24. The fraction of sp³-hybridized carbons (Fsp3) is 0.353. The van der Waals surface area contributed by atoms with Gasteiger partial charge in [-0.25, -0.2) is 9.59 Å². The zero-order valence-corrected chi connectivity index (χ0v) is 15.4. The molecule has 6 nitrogen and oxygen atoms in total. The number of halogens is 1. The van der Waals surface area contributed by atoms with E-state index in [2.05, 4.69) is 11.9 Å². The lowest BCUT2D eigenvalue weighted by Gasteiger charge is -2.16. The molecule has 0 saturated heterocycles. The molecule has 0 aromatic heterocycles. The van der Waals surface area contributed by atoms with Gasteiger partial charge in [0.2, 0.25) is 0 Å². The Bertz CT molecular complexity index is 561. The molecule has 1 N–H and O–H groups in total. The van der Waals surface area contributed by atoms with Crippen LogP contribution in [-0.2, 0) is 25.7 Å². The summed E-state index contributed by atoms with van der Waals surface area (Å²) in [4.78, 5) is 35.3. The molecule has 1 atom stereocenters. The van der Waals surface area contributed by atoms with E-state index in [1.807, 2.05) is 52.9 Å². The maximum absolute atomic E-state index is 12.0. The van der Waals surface area contributed by atoms with Gasteiger partial charge in [-0.2, -0.15) is 0 Å². The number of ether oxygens (including phenoxy) is 2. The Morgan fingerprint density at radius 1 is 1.21 bits per heavy atom. The first-order valence-electron chi connectivity index (χ1n) is 7.39. The number of benzene rings is 1. The van der Waals surface area contributed by atoms with Crippen LogP contribution in [0.15, 0.2) is 43.0 Å². The molecule has 0 radical (unpaired) electrons. The van der Waals surface area contributed by atoms with Crippen molar-refractivity contribution in [3.05, 3.63) is 48.6 Å². The van der Waals surface area contributed by atoms with Crippen molar-refractivity contribution in [2.24, 2.45) is 0 Å². The zero-order chi connectivity index (χ0) is 17.8. The Balaban J connectivity index is 2.54. The Morgan fingerprint density at radius 3 is 2.54 bits per heavy atom. The lowest BCUT2D eigenvalue weighted by Crippen LogP contribution is -2.42. The molecule has 24 heavy (non-hydrogen) atoms. The van der Waals surface area contributed by atoms with Crippen LogP contribution in [0.4, 0.5) is 4.79 Å². The van der Waals surface area contributed by atoms with Crippen molar-refractivity contribution in [1.82, 2.24) is 5.32 Å². The molecular weight excluding hydrogens is 425 g/mol. The first kappa shape index (κ1) is 20.1. The van der Waals surface area contributed by atoms with Gasteiger partial charge < -0.3 is 14.8 Å². The van der Waals surface area contributed by atoms with Crippen LogP contribution in [0.3, 0.4) is 0 Å². The van der Waals surface area contributed by atoms with Crippen molar-refractivity contribution in [1.29, 1.82) is 0 Å². The van der Waals surface area contributed by atoms with Crippen molar-refractivity contribution < 1.29 is 23.9 Å². The Kier molecular flexibility index (Phi) is 9.74. The lowest BCUT2D eigenvalue weighted by atomic mass is 10.1. The van der Waals surface area contributed by atoms with E-state index in [-0.39, 0.29) is 31.8 Å². The molecule has 1 rings (SSSR count). The van der Waals surface area contributed by atoms with E-state index < -0.39 is 18.1 Å². The van der Waals surface area contributed by atoms with Gasteiger partial charge in [-0.15, -0.1) is 0 Å². The van der Waals surface area contributed by atoms with Crippen LogP contribution < -0.4 is 5.32 Å². The van der Waals surface area contributed by atoms with Gasteiger partial charge in [0.25, 0.3) is 0 Å². The topological polar surface area (TPSA) is 81.7 Å². The molecule has 7 heteroatoms. The van der Waals surface area contributed by atoms with Crippen molar-refractivity contribution in [3.63, 3.8) is 0 Å². The summed E-state index contributed by atoms with van der Waals surface area (Å²) < 4.78 is 10.4. The van der Waals surface area contributed by atoms with Crippen LogP contribution in [-0.4, -0.2) is 34.9 Å². The number of carbonyl (C=O) groups is 3. The number of alkyl carbamates (subject to hydrolysis) is 1. The second-order valence-electron chi connectivity index (χ2n) is 4.89. The first-order valence-corrected chi connectivity index (χ1v) is 8.91. The molecule has 0 saturated carbocycles. The molecule has 0 bridgehead atoms. The Labute approximate surface area is 154 Å². The van der Waals surface area contributed by atoms with Gasteiger partial charge >= 0.3 is 12.1 Å². The van der Waals surface area contributed by atoms with Crippen LogP contribution in [0, 0.1) is 0 Å². The summed E-state index contributed by atoms with van der Waals surface area (Å²) in [5, 5.41) is 2.45. The van der Waals surface area contributed by atoms with Crippen molar-refractivity contribution in [2.45, 2.75) is 25.5 Å². The third-order valence-electron chi connectivity index (χ3n) is 2.99. The van der Waals surface area contributed by atoms with Crippen LogP contribution in [0.25, 0.3) is 0 Å². The highest BCUT2D eigenvalue weighted by Gasteiger charge is 2.23. The second-order valence-corrected chi connectivity index (χ2v) is 5.65. The monoisotopic (exact) mass is 445 g/mol. The molecule has 0 heterocycles. The molecule has 1 aromatic carbocycles. The number of carbonyl (C=O) groups excluding carboxylic acids is 3. The van der Waals surface area contributed by atoms with Crippen LogP contribution in [0.1, 0.15) is 18.4 Å². The summed E-state index contributed by atoms with van der Waals surface area (Å²) in [7, 11) is 0. The second kappa shape index (κ2) is 11.6. The van der Waals surface area contributed by atoms with E-state index in [0.29, 0.717) is 4.43 Å². The molecule has 0 spiro atoms. The molecular formula is C17H20INO5. The highest BCUT2D eigenvalue weighted by atomic mass is 127. The molecule has 1 amide bonds. The van der Waals surface area contributed by atoms with Gasteiger partial charge in [0.05, 0.1) is 4.43 Å². The fourth-order valence-corrected chi connectivity index (χ4v) is 2.15. The number of esters is 1. The molecule has 0 aliphatic heterocycles. The Morgan fingerprint density at radius 2 is 1.92 bits per heavy atom. The van der Waals surface area contributed by atoms with Crippen molar-refractivity contribution >= 4 is 40.4 Å². The highest BCUT2D eigenvalue weighted by Crippen LogP contribution is 2.05. The molecule has 130 valence electrons. The van der Waals surface area contributed by atoms with Gasteiger partial charge in [0.1, 0.15) is 25.0 Å². The number of hydrogen-bond acceptors (Lipinski definition) is 5. The highest BCUT2D eigenvalue weighted by molar-refractivity contribution is 14.1. The number of Topliss-reactive ketones (excluding diaryl/α,β-unsaturated/α-hetero) is 1. The van der Waals surface area contributed by atoms with Crippen LogP contribution >= 0.6 is 22.6 Å². The molecule has 0 aliphatic rings. The molecule has 1 aromatic rings. The number of hydrogen-bond donors (Lipinski definition) is 1. The summed E-state index contributed by atoms with van der Waals surface area (Å²) in [6.07, 6.45) is 1.04. The number of ketones is 1. The smallest absolute Gasteiger partial charge is 0.408 e. The van der Waals surface area contributed by atoms with E-state index >= 15 is 0 Å². The van der Waals surface area contributed by atoms with Gasteiger partial charge in [0.15, 0.2) is 0 Å². The third-order valence-corrected chi connectivity index (χ3v) is 3.84. The third kappa shape index (κ3) is 8.09. The van der Waals surface area contributed by atoms with E-state index in [1.54, 1.807) is 0 Å². The van der Waals surface area contributed by atoms with Gasteiger partial charge in [-0.05, 0) is 12.0 Å². The minimum Gasteiger partial charge on any atom is -0.460 e. The largest absolute Gasteiger partial charge is 0.460 e. The van der Waals surface area contributed by atoms with Crippen LogP contribution in [0.2, 0.25) is 0 Å². The van der Waals surface area contributed by atoms with E-state index in [1.165, 1.54) is 6.08 Å². The zero-order valence-electron chi connectivity index (χ0n) is 13.2. The van der Waals surface area contributed by atoms with Gasteiger partial charge in [-0.1, -0.05) is 65.6 Å². The van der Waals surface area contributed by atoms with Crippen LogP contribution in [0.5, 0.6) is 0 Å². The summed E-state index contributed by atoms with van der Waals surface area (Å²) in [5.41, 5.74) is 0.832. The van der Waals surface area contributed by atoms with Gasteiger partial charge in [-0.3, -0.25) is 4.79 Å². The standard InChI is InChI=1S/C17H20INO5/c1-2-10-23-16(21)15(9-8-14(20)11-18)19-17(22)24-12-13-6-4-3-5-7-13/h2-7,15H,1,8-12H2,(H,19,22)/t15-/m0/s1. The summed E-state index contributed by atoms with van der Waals surface area (Å²) in [5.74, 6) is -0.621. The Hall–Kier alpha value is -1.90. The minimum absolute atomic E-state index is 0.00317. The van der Waals surface area contributed by atoms with E-state index in [0.717, 1.165) is 5.56 Å². The van der Waals surface area contributed by atoms with E-state index in [9.17, 15) is 14.4 Å². The maximum Gasteiger partial charge on any atom is 0.408 e. The maximum atomic E-state index is 12.0. The molecule has 0 unspecified atom stereocenters. The number of rotatable bonds is 10. The predicted molar refractivity (Wildman–Crippen MR) is 97.8 cm³/mol. The molecule has 0 fully saturated rings. The molecule has 0 aliphatic carbocycles. The quantitative estimate of drug-likeness (QED) is 0.259. The SMILES string of the molecule is C=CCOC(=O)[C@H](CCC(=O)CI)NC(=O)OCc1ccccc1.